The fourth-order valence-electron chi connectivity index (χ4n) is 3.09. The van der Waals surface area contributed by atoms with Crippen LogP contribution >= 0.6 is 0 Å². The summed E-state index contributed by atoms with van der Waals surface area (Å²) < 4.78 is 25.2. The van der Waals surface area contributed by atoms with Gasteiger partial charge in [0.1, 0.15) is 0 Å². The van der Waals surface area contributed by atoms with Crippen LogP contribution in [0.1, 0.15) is 10.4 Å². The van der Waals surface area contributed by atoms with Crippen molar-refractivity contribution in [2.75, 3.05) is 11.6 Å². The lowest BCUT2D eigenvalue weighted by Gasteiger charge is -2.12. The van der Waals surface area contributed by atoms with Gasteiger partial charge in [-0.25, -0.2) is 13.4 Å². The van der Waals surface area contributed by atoms with Gasteiger partial charge in [0, 0.05) is 29.9 Å². The van der Waals surface area contributed by atoms with Crippen LogP contribution in [0.15, 0.2) is 78.0 Å². The molecule has 8 heteroatoms. The van der Waals surface area contributed by atoms with E-state index in [1.807, 2.05) is 34.9 Å². The quantitative estimate of drug-likeness (QED) is 0.529. The predicted octanol–water partition coefficient (Wildman–Crippen LogP) is 3.25. The number of nitrogens with one attached hydrogen (secondary N) is 1. The average molecular weight is 406 g/mol. The van der Waals surface area contributed by atoms with Crippen LogP contribution in [-0.4, -0.2) is 30.0 Å². The summed E-state index contributed by atoms with van der Waals surface area (Å²) in [6, 6.07) is 17.5. The molecule has 3 N–H and O–H groups in total. The normalized spacial score (nSPS) is 11.5. The van der Waals surface area contributed by atoms with E-state index < -0.39 is 15.7 Å². The highest BCUT2D eigenvalue weighted by Gasteiger charge is 2.11. The van der Waals surface area contributed by atoms with Crippen molar-refractivity contribution in [3.63, 3.8) is 0 Å². The van der Waals surface area contributed by atoms with Gasteiger partial charge in [-0.05, 0) is 54.1 Å². The van der Waals surface area contributed by atoms with Crippen molar-refractivity contribution >= 4 is 32.8 Å². The zero-order chi connectivity index (χ0) is 20.6. The second kappa shape index (κ2) is 7.06. The monoisotopic (exact) mass is 406 g/mol. The zero-order valence-corrected chi connectivity index (χ0v) is 16.3. The Morgan fingerprint density at radius 3 is 2.31 bits per heavy atom. The first kappa shape index (κ1) is 18.7. The summed E-state index contributed by atoms with van der Waals surface area (Å²) in [7, 11) is -3.24. The molecule has 0 spiro atoms. The van der Waals surface area contributed by atoms with Gasteiger partial charge in [-0.3, -0.25) is 9.20 Å². The van der Waals surface area contributed by atoms with E-state index in [1.54, 1.807) is 42.6 Å². The van der Waals surface area contributed by atoms with Crippen molar-refractivity contribution in [2.45, 2.75) is 4.90 Å². The number of sulfone groups is 1. The average Bonchev–Trinajstić information content (AvgIpc) is 3.18. The highest BCUT2D eigenvalue weighted by Crippen LogP contribution is 2.28. The minimum Gasteiger partial charge on any atom is -0.366 e. The third kappa shape index (κ3) is 3.70. The predicted molar refractivity (Wildman–Crippen MR) is 112 cm³/mol. The van der Waals surface area contributed by atoms with Gasteiger partial charge in [-0.1, -0.05) is 12.1 Å². The summed E-state index contributed by atoms with van der Waals surface area (Å²) in [6.45, 7) is 0. The van der Waals surface area contributed by atoms with Crippen LogP contribution in [-0.2, 0) is 9.84 Å². The van der Waals surface area contributed by atoms with E-state index in [-0.39, 0.29) is 4.90 Å². The number of carbonyl (C=O) groups excluding carboxylic acids is 1. The largest absolute Gasteiger partial charge is 0.366 e. The van der Waals surface area contributed by atoms with Crippen LogP contribution in [0.25, 0.3) is 16.9 Å². The Morgan fingerprint density at radius 2 is 1.69 bits per heavy atom. The molecule has 146 valence electrons. The Morgan fingerprint density at radius 1 is 1.00 bits per heavy atom. The number of pyridine rings is 1. The van der Waals surface area contributed by atoms with E-state index in [0.29, 0.717) is 11.2 Å². The number of carbonyl (C=O) groups is 1. The van der Waals surface area contributed by atoms with Crippen molar-refractivity contribution in [2.24, 2.45) is 5.73 Å². The molecule has 1 amide bonds. The number of aromatic nitrogens is 2. The molecule has 7 nitrogen and oxygen atoms in total. The minimum absolute atomic E-state index is 0.267. The van der Waals surface area contributed by atoms with Crippen LogP contribution in [0.4, 0.5) is 11.4 Å². The van der Waals surface area contributed by atoms with Gasteiger partial charge >= 0.3 is 0 Å². The number of imidazole rings is 1. The molecular formula is C21H18N4O3S. The molecule has 0 atom stereocenters. The summed E-state index contributed by atoms with van der Waals surface area (Å²) in [5.41, 5.74) is 9.83. The van der Waals surface area contributed by atoms with E-state index in [1.165, 1.54) is 6.26 Å². The Kier molecular flexibility index (Phi) is 4.56. The second-order valence-electron chi connectivity index (χ2n) is 6.62. The molecule has 0 unspecified atom stereocenters. The number of fused-ring (bicyclic) bond motifs is 1. The molecule has 0 aliphatic carbocycles. The minimum atomic E-state index is -3.24. The standard InChI is InChI=1S/C21H18N4O3S/c1-29(27,28)17-8-6-16(7-9-17)24-18-10-11-19(25-13-12-23-21(18)25)14-2-4-15(5-3-14)20(22)26/h2-13,24H,1H3,(H2,22,26). The third-order valence-electron chi connectivity index (χ3n) is 4.58. The summed E-state index contributed by atoms with van der Waals surface area (Å²) in [5, 5.41) is 3.28. The van der Waals surface area contributed by atoms with Crippen molar-refractivity contribution in [3.05, 3.63) is 78.6 Å². The molecule has 2 heterocycles. The SMILES string of the molecule is CS(=O)(=O)c1ccc(Nc2ccc(-c3ccc(C(N)=O)cc3)n3ccnc23)cc1. The van der Waals surface area contributed by atoms with Crippen LogP contribution in [0.3, 0.4) is 0 Å². The van der Waals surface area contributed by atoms with E-state index in [2.05, 4.69) is 10.3 Å². The number of nitrogens with zero attached hydrogens (tertiary/aromatic N) is 2. The van der Waals surface area contributed by atoms with Gasteiger partial charge in [0.05, 0.1) is 16.3 Å². The van der Waals surface area contributed by atoms with Crippen molar-refractivity contribution in [1.29, 1.82) is 0 Å². The van der Waals surface area contributed by atoms with Crippen molar-refractivity contribution in [1.82, 2.24) is 9.38 Å². The lowest BCUT2D eigenvalue weighted by molar-refractivity contribution is 0.100. The highest BCUT2D eigenvalue weighted by molar-refractivity contribution is 7.90. The summed E-state index contributed by atoms with van der Waals surface area (Å²) in [5.74, 6) is -0.467. The number of hydrogen-bond acceptors (Lipinski definition) is 5. The molecule has 0 saturated heterocycles. The van der Waals surface area contributed by atoms with E-state index >= 15 is 0 Å². The van der Waals surface area contributed by atoms with Gasteiger partial charge < -0.3 is 11.1 Å². The maximum atomic E-state index is 11.6. The number of nitrogens with two attached hydrogens (primary N) is 1. The van der Waals surface area contributed by atoms with Crippen molar-refractivity contribution < 1.29 is 13.2 Å². The number of primary amides is 1. The summed E-state index contributed by atoms with van der Waals surface area (Å²) >= 11 is 0. The van der Waals surface area contributed by atoms with Gasteiger partial charge in [-0.15, -0.1) is 0 Å². The maximum Gasteiger partial charge on any atom is 0.248 e. The fraction of sp³-hybridized carbons (Fsp3) is 0.0476. The molecule has 0 radical (unpaired) electrons. The molecule has 2 aromatic carbocycles. The maximum absolute atomic E-state index is 11.6. The van der Waals surface area contributed by atoms with E-state index in [0.717, 1.165) is 22.6 Å². The van der Waals surface area contributed by atoms with Crippen LogP contribution < -0.4 is 11.1 Å². The van der Waals surface area contributed by atoms with Crippen LogP contribution in [0, 0.1) is 0 Å². The van der Waals surface area contributed by atoms with E-state index in [4.69, 9.17) is 5.73 Å². The smallest absolute Gasteiger partial charge is 0.248 e. The molecular weight excluding hydrogens is 388 g/mol. The first-order valence-electron chi connectivity index (χ1n) is 8.76. The Bertz CT molecular complexity index is 1310. The second-order valence-corrected chi connectivity index (χ2v) is 8.63. The molecule has 2 aromatic heterocycles. The first-order chi connectivity index (χ1) is 13.8. The highest BCUT2D eigenvalue weighted by atomic mass is 32.2. The number of amides is 1. The molecule has 0 bridgehead atoms. The Hall–Kier alpha value is -3.65. The Balaban J connectivity index is 1.69. The zero-order valence-electron chi connectivity index (χ0n) is 15.5. The van der Waals surface area contributed by atoms with Gasteiger partial charge in [0.25, 0.3) is 0 Å². The molecule has 0 aliphatic rings. The number of hydrogen-bond donors (Lipinski definition) is 2. The van der Waals surface area contributed by atoms with Gasteiger partial charge in [0.15, 0.2) is 15.5 Å². The topological polar surface area (TPSA) is 107 Å². The number of rotatable bonds is 5. The summed E-state index contributed by atoms with van der Waals surface area (Å²) in [6.07, 6.45) is 4.73. The molecule has 0 saturated carbocycles. The molecule has 0 aliphatic heterocycles. The molecule has 0 fully saturated rings. The molecule has 4 aromatic rings. The first-order valence-corrected chi connectivity index (χ1v) is 10.7. The molecule has 29 heavy (non-hydrogen) atoms. The third-order valence-corrected chi connectivity index (χ3v) is 5.70. The lowest BCUT2D eigenvalue weighted by atomic mass is 10.1. The van der Waals surface area contributed by atoms with Crippen molar-refractivity contribution in [3.8, 4) is 11.3 Å². The molecule has 4 rings (SSSR count). The summed E-state index contributed by atoms with van der Waals surface area (Å²) in [4.78, 5) is 16.0. The number of anilines is 2. The van der Waals surface area contributed by atoms with Crippen LogP contribution in [0.5, 0.6) is 0 Å². The number of benzene rings is 2. The lowest BCUT2D eigenvalue weighted by Crippen LogP contribution is -2.10. The Labute approximate surface area is 167 Å². The fourth-order valence-corrected chi connectivity index (χ4v) is 3.72. The van der Waals surface area contributed by atoms with E-state index in [9.17, 15) is 13.2 Å². The van der Waals surface area contributed by atoms with Crippen LogP contribution in [0.2, 0.25) is 0 Å². The van der Waals surface area contributed by atoms with Gasteiger partial charge in [-0.2, -0.15) is 0 Å². The van der Waals surface area contributed by atoms with Gasteiger partial charge in [0.2, 0.25) is 5.91 Å².